The van der Waals surface area contributed by atoms with Gasteiger partial charge in [-0.25, -0.2) is 0 Å². The molecule has 0 saturated carbocycles. The second-order valence-electron chi connectivity index (χ2n) is 19.9. The maximum atomic E-state index is 12.9. The summed E-state index contributed by atoms with van der Waals surface area (Å²) in [6, 6.07) is 0. The van der Waals surface area contributed by atoms with Crippen molar-refractivity contribution in [1.29, 1.82) is 0 Å². The molecule has 6 nitrogen and oxygen atoms in total. The van der Waals surface area contributed by atoms with E-state index >= 15 is 0 Å². The van der Waals surface area contributed by atoms with Gasteiger partial charge in [0.15, 0.2) is 6.10 Å². The number of hydrogen-bond donors (Lipinski definition) is 0. The lowest BCUT2D eigenvalue weighted by molar-refractivity contribution is -0.167. The predicted octanol–water partition coefficient (Wildman–Crippen LogP) is 20.3. The van der Waals surface area contributed by atoms with Crippen LogP contribution < -0.4 is 0 Å². The molecule has 0 N–H and O–H groups in total. The molecule has 6 heteroatoms. The van der Waals surface area contributed by atoms with Gasteiger partial charge in [0.2, 0.25) is 0 Å². The van der Waals surface area contributed by atoms with Crippen molar-refractivity contribution >= 4 is 17.9 Å². The molecule has 0 rings (SSSR count). The van der Waals surface area contributed by atoms with Crippen LogP contribution in [0.4, 0.5) is 0 Å². The Balaban J connectivity index is 4.46. The highest BCUT2D eigenvalue weighted by atomic mass is 16.6. The number of ether oxygens (including phenoxy) is 3. The number of carbonyl (C=O) groups excluding carboxylic acids is 3. The molecule has 0 radical (unpaired) electrons. The normalized spacial score (nSPS) is 12.7. The fourth-order valence-electron chi connectivity index (χ4n) is 8.27. The summed E-state index contributed by atoms with van der Waals surface area (Å²) in [6.07, 6.45) is 77.1. The van der Waals surface area contributed by atoms with Crippen molar-refractivity contribution in [3.05, 3.63) is 85.1 Å². The van der Waals surface area contributed by atoms with Crippen LogP contribution in [-0.4, -0.2) is 37.2 Å². The van der Waals surface area contributed by atoms with Gasteiger partial charge in [0.25, 0.3) is 0 Å². The Morgan fingerprint density at radius 1 is 0.282 bits per heavy atom. The monoisotopic (exact) mass is 989 g/mol. The number of esters is 3. The van der Waals surface area contributed by atoms with Gasteiger partial charge < -0.3 is 14.2 Å². The molecule has 0 aromatic rings. The zero-order valence-electron chi connectivity index (χ0n) is 46.7. The van der Waals surface area contributed by atoms with E-state index in [0.717, 1.165) is 109 Å². The van der Waals surface area contributed by atoms with Gasteiger partial charge in [0.05, 0.1) is 0 Å². The van der Waals surface area contributed by atoms with Crippen molar-refractivity contribution in [2.45, 2.75) is 297 Å². The molecule has 0 aliphatic heterocycles. The Labute approximate surface area is 439 Å². The summed E-state index contributed by atoms with van der Waals surface area (Å²) in [5, 5.41) is 0. The van der Waals surface area contributed by atoms with Crippen molar-refractivity contribution in [3.63, 3.8) is 0 Å². The van der Waals surface area contributed by atoms with Crippen LogP contribution in [0.5, 0.6) is 0 Å². The van der Waals surface area contributed by atoms with Crippen molar-refractivity contribution in [1.82, 2.24) is 0 Å². The maximum Gasteiger partial charge on any atom is 0.306 e. The molecule has 0 unspecified atom stereocenters. The van der Waals surface area contributed by atoms with Crippen LogP contribution in [0.1, 0.15) is 290 Å². The van der Waals surface area contributed by atoms with Crippen LogP contribution in [0.2, 0.25) is 0 Å². The summed E-state index contributed by atoms with van der Waals surface area (Å²) >= 11 is 0. The van der Waals surface area contributed by atoms with Crippen LogP contribution in [-0.2, 0) is 28.6 Å². The van der Waals surface area contributed by atoms with Gasteiger partial charge in [0, 0.05) is 19.3 Å². The highest BCUT2D eigenvalue weighted by Gasteiger charge is 2.19. The first kappa shape index (κ1) is 67.6. The smallest absolute Gasteiger partial charge is 0.306 e. The summed E-state index contributed by atoms with van der Waals surface area (Å²) in [4.78, 5) is 38.2. The van der Waals surface area contributed by atoms with Crippen molar-refractivity contribution in [3.8, 4) is 0 Å². The number of carbonyl (C=O) groups is 3. The van der Waals surface area contributed by atoms with E-state index in [1.165, 1.54) is 141 Å². The highest BCUT2D eigenvalue weighted by molar-refractivity contribution is 5.71. The molecule has 0 bridgehead atoms. The molecule has 0 amide bonds. The minimum absolute atomic E-state index is 0.0957. The van der Waals surface area contributed by atoms with E-state index in [1.54, 1.807) is 0 Å². The summed E-state index contributed by atoms with van der Waals surface area (Å²) in [5.74, 6) is -0.937. The number of allylic oxidation sites excluding steroid dienone is 14. The molecule has 0 aromatic heterocycles. The van der Waals surface area contributed by atoms with E-state index in [0.29, 0.717) is 19.3 Å². The van der Waals surface area contributed by atoms with Gasteiger partial charge >= 0.3 is 17.9 Å². The molecule has 0 spiro atoms. The largest absolute Gasteiger partial charge is 0.462 e. The first-order chi connectivity index (χ1) is 35.0. The third-order valence-corrected chi connectivity index (χ3v) is 12.8. The molecular formula is C65H112O6. The third-order valence-electron chi connectivity index (χ3n) is 12.8. The second kappa shape index (κ2) is 59.2. The lowest BCUT2D eigenvalue weighted by Gasteiger charge is -2.18. The zero-order chi connectivity index (χ0) is 51.4. The average Bonchev–Trinajstić information content (AvgIpc) is 3.37. The lowest BCUT2D eigenvalue weighted by atomic mass is 10.1. The van der Waals surface area contributed by atoms with Crippen LogP contribution in [0.3, 0.4) is 0 Å². The standard InChI is InChI=1S/C65H112O6/c1-4-7-10-13-16-19-22-25-28-30-32-34-37-40-43-46-49-52-55-58-64(67)70-61-62(60-69-63(66)57-54-51-48-45-42-39-36-27-24-21-18-15-12-9-6-3)71-65(68)59-56-53-50-47-44-41-38-35-33-31-29-26-23-20-17-14-11-8-5-2/h16,18-19,21,25,27-28,31-34,36,40,43,62H,4-15,17,20,22-24,26,29-30,35,37-39,41-42,44-61H2,1-3H3/b19-16-,21-18-,28-25-,33-31-,34-32-,36-27-,43-40-/t62-/m1/s1. The Bertz CT molecular complexity index is 1370. The molecule has 0 fully saturated rings. The molecular weight excluding hydrogens is 877 g/mol. The lowest BCUT2D eigenvalue weighted by Crippen LogP contribution is -2.30. The van der Waals surface area contributed by atoms with Gasteiger partial charge in [-0.15, -0.1) is 0 Å². The van der Waals surface area contributed by atoms with E-state index in [9.17, 15) is 14.4 Å². The highest BCUT2D eigenvalue weighted by Crippen LogP contribution is 2.15. The molecule has 71 heavy (non-hydrogen) atoms. The molecule has 0 saturated heterocycles. The number of unbranched alkanes of at least 4 members (excludes halogenated alkanes) is 29. The Morgan fingerprint density at radius 2 is 0.507 bits per heavy atom. The summed E-state index contributed by atoms with van der Waals surface area (Å²) < 4.78 is 16.9. The topological polar surface area (TPSA) is 78.9 Å². The Morgan fingerprint density at radius 3 is 0.845 bits per heavy atom. The van der Waals surface area contributed by atoms with Crippen LogP contribution >= 0.6 is 0 Å². The van der Waals surface area contributed by atoms with E-state index in [2.05, 4.69) is 106 Å². The van der Waals surface area contributed by atoms with Crippen LogP contribution in [0, 0.1) is 0 Å². The molecule has 1 atom stereocenters. The number of hydrogen-bond acceptors (Lipinski definition) is 6. The van der Waals surface area contributed by atoms with Crippen molar-refractivity contribution in [2.24, 2.45) is 0 Å². The molecule has 408 valence electrons. The van der Waals surface area contributed by atoms with E-state index in [1.807, 2.05) is 0 Å². The fraction of sp³-hybridized carbons (Fsp3) is 0.738. The van der Waals surface area contributed by atoms with Gasteiger partial charge in [-0.2, -0.15) is 0 Å². The Kier molecular flexibility index (Phi) is 56.3. The molecule has 0 aliphatic carbocycles. The SMILES string of the molecule is CCCCC/C=C\C/C=C\C/C=C\C/C=C\CCCCCC(=O)OC[C@@H](COC(=O)CCCCCCC/C=C\C/C=C\CCCCC)OC(=O)CCCCCCCCC/C=C\CCCCCCCCCC. The van der Waals surface area contributed by atoms with Gasteiger partial charge in [-0.05, 0) is 122 Å². The molecule has 0 heterocycles. The first-order valence-corrected chi connectivity index (χ1v) is 30.1. The van der Waals surface area contributed by atoms with Gasteiger partial charge in [-0.1, -0.05) is 234 Å². The van der Waals surface area contributed by atoms with E-state index < -0.39 is 6.10 Å². The second-order valence-corrected chi connectivity index (χ2v) is 19.9. The predicted molar refractivity (Wildman–Crippen MR) is 307 cm³/mol. The summed E-state index contributed by atoms with van der Waals surface area (Å²) in [5.41, 5.74) is 0. The van der Waals surface area contributed by atoms with E-state index in [4.69, 9.17) is 14.2 Å². The quantitative estimate of drug-likeness (QED) is 0.0261. The summed E-state index contributed by atoms with van der Waals surface area (Å²) in [7, 11) is 0. The summed E-state index contributed by atoms with van der Waals surface area (Å²) in [6.45, 7) is 6.56. The molecule has 0 aromatic carbocycles. The van der Waals surface area contributed by atoms with E-state index in [-0.39, 0.29) is 31.1 Å². The van der Waals surface area contributed by atoms with Crippen LogP contribution in [0.15, 0.2) is 85.1 Å². The minimum atomic E-state index is -0.799. The third kappa shape index (κ3) is 57.4. The Hall–Kier alpha value is -3.41. The number of rotatable bonds is 54. The van der Waals surface area contributed by atoms with Gasteiger partial charge in [0.1, 0.15) is 13.2 Å². The zero-order valence-corrected chi connectivity index (χ0v) is 46.7. The fourth-order valence-corrected chi connectivity index (χ4v) is 8.27. The van der Waals surface area contributed by atoms with Gasteiger partial charge in [-0.3, -0.25) is 14.4 Å². The van der Waals surface area contributed by atoms with Crippen molar-refractivity contribution < 1.29 is 28.6 Å². The minimum Gasteiger partial charge on any atom is -0.462 e. The molecule has 0 aliphatic rings. The van der Waals surface area contributed by atoms with Crippen LogP contribution in [0.25, 0.3) is 0 Å². The maximum absolute atomic E-state index is 12.9. The first-order valence-electron chi connectivity index (χ1n) is 30.1. The average molecular weight is 990 g/mol. The van der Waals surface area contributed by atoms with Crippen molar-refractivity contribution in [2.75, 3.05) is 13.2 Å².